The van der Waals surface area contributed by atoms with Crippen molar-refractivity contribution in [2.45, 2.75) is 4.84 Å². The zero-order valence-corrected chi connectivity index (χ0v) is 10.9. The number of ether oxygens (including phenoxy) is 1. The number of hydrogen-bond acceptors (Lipinski definition) is 2. The van der Waals surface area contributed by atoms with Crippen molar-refractivity contribution in [1.29, 1.82) is 0 Å². The van der Waals surface area contributed by atoms with Gasteiger partial charge in [-0.15, -0.1) is 0 Å². The van der Waals surface area contributed by atoms with Crippen LogP contribution in [0.5, 0.6) is 5.75 Å². The summed E-state index contributed by atoms with van der Waals surface area (Å²) in [6.45, 7) is 0. The Balaban J connectivity index is 3.02. The van der Waals surface area contributed by atoms with Crippen LogP contribution in [0.25, 0.3) is 0 Å². The second kappa shape index (κ2) is 5.58. The first-order valence-electron chi connectivity index (χ1n) is 4.01. The summed E-state index contributed by atoms with van der Waals surface area (Å²) in [5.74, 6) is 0.332. The van der Waals surface area contributed by atoms with Crippen LogP contribution in [-0.4, -0.2) is 13.1 Å². The third-order valence-electron chi connectivity index (χ3n) is 1.62. The van der Waals surface area contributed by atoms with Crippen molar-refractivity contribution in [1.82, 2.24) is 5.32 Å². The smallest absolute Gasteiger partial charge is 0.410 e. The van der Waals surface area contributed by atoms with E-state index >= 15 is 0 Å². The highest BCUT2D eigenvalue weighted by atomic mass is 79.9. The molecule has 1 rings (SSSR count). The molecule has 0 radical (unpaired) electrons. The van der Waals surface area contributed by atoms with Gasteiger partial charge in [-0.1, -0.05) is 45.2 Å². The summed E-state index contributed by atoms with van der Waals surface area (Å²) in [4.78, 5) is 10.3. The molecule has 0 heterocycles. The van der Waals surface area contributed by atoms with Crippen LogP contribution in [0.1, 0.15) is 10.4 Å². The van der Waals surface area contributed by atoms with Crippen molar-refractivity contribution < 1.29 is 9.53 Å². The molecule has 6 heteroatoms. The molecule has 1 aromatic carbocycles. The van der Waals surface area contributed by atoms with E-state index in [9.17, 15) is 4.79 Å². The van der Waals surface area contributed by atoms with E-state index in [0.29, 0.717) is 11.3 Å². The Morgan fingerprint density at radius 2 is 2.20 bits per heavy atom. The van der Waals surface area contributed by atoms with Crippen molar-refractivity contribution in [3.63, 3.8) is 0 Å². The van der Waals surface area contributed by atoms with Gasteiger partial charge in [-0.2, -0.15) is 0 Å². The Kier molecular flexibility index (Phi) is 4.70. The van der Waals surface area contributed by atoms with Crippen molar-refractivity contribution in [2.24, 2.45) is 0 Å². The van der Waals surface area contributed by atoms with E-state index in [2.05, 4.69) is 21.2 Å². The minimum Gasteiger partial charge on any atom is -0.410 e. The molecule has 0 saturated heterocycles. The largest absolute Gasteiger partial charge is 0.412 e. The number of amides is 1. The number of nitrogens with one attached hydrogen (secondary N) is 1. The van der Waals surface area contributed by atoms with Crippen LogP contribution in [0.4, 0.5) is 4.79 Å². The Bertz CT molecular complexity index is 371. The first-order chi connectivity index (χ1) is 7.04. The van der Waals surface area contributed by atoms with Gasteiger partial charge in [0.05, 0.1) is 0 Å². The number of rotatable bonds is 2. The van der Waals surface area contributed by atoms with Gasteiger partial charge in [-0.3, -0.25) is 0 Å². The maximum Gasteiger partial charge on any atom is 0.412 e. The second-order valence-electron chi connectivity index (χ2n) is 2.62. The first kappa shape index (κ1) is 12.6. The van der Waals surface area contributed by atoms with Crippen LogP contribution < -0.4 is 10.1 Å². The van der Waals surface area contributed by atoms with E-state index in [4.69, 9.17) is 27.9 Å². The van der Waals surface area contributed by atoms with Gasteiger partial charge in [0.15, 0.2) is 0 Å². The Morgan fingerprint density at radius 1 is 1.53 bits per heavy atom. The average Bonchev–Trinajstić information content (AvgIpc) is 2.17. The molecule has 0 aromatic heterocycles. The standard InChI is InChI=1S/C9H8BrCl2NO2/c1-13-9(14)15-7-4-5(10)2-3-6(7)8(11)12/h2-4,8H,1H3,(H,13,14). The molecule has 0 fully saturated rings. The van der Waals surface area contributed by atoms with Gasteiger partial charge < -0.3 is 10.1 Å². The fraction of sp³-hybridized carbons (Fsp3) is 0.222. The lowest BCUT2D eigenvalue weighted by molar-refractivity contribution is 0.202. The summed E-state index contributed by atoms with van der Waals surface area (Å²) in [5, 5.41) is 2.34. The van der Waals surface area contributed by atoms with E-state index in [1.165, 1.54) is 7.05 Å². The Hall–Kier alpha value is -0.450. The van der Waals surface area contributed by atoms with Crippen LogP contribution >= 0.6 is 39.1 Å². The molecular formula is C9H8BrCl2NO2. The molecule has 0 aliphatic heterocycles. The summed E-state index contributed by atoms with van der Waals surface area (Å²) < 4.78 is 5.76. The highest BCUT2D eigenvalue weighted by Gasteiger charge is 2.13. The second-order valence-corrected chi connectivity index (χ2v) is 4.63. The van der Waals surface area contributed by atoms with Crippen molar-refractivity contribution >= 4 is 45.2 Å². The lowest BCUT2D eigenvalue weighted by Gasteiger charge is -2.10. The Labute approximate surface area is 106 Å². The summed E-state index contributed by atoms with van der Waals surface area (Å²) in [6.07, 6.45) is -0.566. The maximum atomic E-state index is 11.0. The maximum absolute atomic E-state index is 11.0. The number of halogens is 3. The summed E-state index contributed by atoms with van der Waals surface area (Å²) >= 11 is 14.7. The van der Waals surface area contributed by atoms with Crippen LogP contribution in [-0.2, 0) is 0 Å². The zero-order valence-electron chi connectivity index (χ0n) is 7.76. The molecule has 1 aromatic rings. The molecule has 0 aliphatic carbocycles. The lowest BCUT2D eigenvalue weighted by Crippen LogP contribution is -2.22. The third-order valence-corrected chi connectivity index (χ3v) is 2.58. The monoisotopic (exact) mass is 311 g/mol. The molecular weight excluding hydrogens is 305 g/mol. The molecule has 15 heavy (non-hydrogen) atoms. The predicted octanol–water partition coefficient (Wildman–Crippen LogP) is 3.64. The minimum atomic E-state index is -0.738. The number of carbonyl (C=O) groups is 1. The topological polar surface area (TPSA) is 38.3 Å². The number of alkyl halides is 2. The van der Waals surface area contributed by atoms with E-state index in [1.54, 1.807) is 18.2 Å². The fourth-order valence-corrected chi connectivity index (χ4v) is 1.63. The third kappa shape index (κ3) is 3.55. The molecule has 1 amide bonds. The molecule has 0 bridgehead atoms. The highest BCUT2D eigenvalue weighted by molar-refractivity contribution is 9.10. The van der Waals surface area contributed by atoms with Crippen molar-refractivity contribution in [3.05, 3.63) is 28.2 Å². The summed E-state index contributed by atoms with van der Waals surface area (Å²) in [5.41, 5.74) is 0.546. The summed E-state index contributed by atoms with van der Waals surface area (Å²) in [6, 6.07) is 5.08. The molecule has 82 valence electrons. The molecule has 3 nitrogen and oxygen atoms in total. The quantitative estimate of drug-likeness (QED) is 0.847. The van der Waals surface area contributed by atoms with E-state index in [-0.39, 0.29) is 0 Å². The first-order valence-corrected chi connectivity index (χ1v) is 5.68. The molecule has 0 saturated carbocycles. The molecule has 0 aliphatic rings. The molecule has 0 unspecified atom stereocenters. The SMILES string of the molecule is CNC(=O)Oc1cc(Br)ccc1C(Cl)Cl. The average molecular weight is 313 g/mol. The molecule has 1 N–H and O–H groups in total. The minimum absolute atomic E-state index is 0.332. The van der Waals surface area contributed by atoms with E-state index in [1.807, 2.05) is 0 Å². The number of carbonyl (C=O) groups excluding carboxylic acids is 1. The number of hydrogen-bond donors (Lipinski definition) is 1. The Morgan fingerprint density at radius 3 is 2.73 bits per heavy atom. The van der Waals surface area contributed by atoms with E-state index in [0.717, 1.165) is 4.47 Å². The number of benzene rings is 1. The van der Waals surface area contributed by atoms with Crippen LogP contribution in [0.2, 0.25) is 0 Å². The predicted molar refractivity (Wildman–Crippen MR) is 63.7 cm³/mol. The van der Waals surface area contributed by atoms with Crippen LogP contribution in [0.3, 0.4) is 0 Å². The highest BCUT2D eigenvalue weighted by Crippen LogP contribution is 2.34. The van der Waals surface area contributed by atoms with Gasteiger partial charge in [-0.05, 0) is 12.1 Å². The summed E-state index contributed by atoms with van der Waals surface area (Å²) in [7, 11) is 1.47. The van der Waals surface area contributed by atoms with Gasteiger partial charge in [0.2, 0.25) is 0 Å². The lowest BCUT2D eigenvalue weighted by atomic mass is 10.2. The fourth-order valence-electron chi connectivity index (χ4n) is 0.928. The zero-order chi connectivity index (χ0) is 11.4. The molecule has 0 atom stereocenters. The van der Waals surface area contributed by atoms with Gasteiger partial charge in [-0.25, -0.2) is 4.79 Å². The van der Waals surface area contributed by atoms with E-state index < -0.39 is 10.9 Å². The van der Waals surface area contributed by atoms with Gasteiger partial charge in [0.1, 0.15) is 10.6 Å². The van der Waals surface area contributed by atoms with Crippen molar-refractivity contribution in [3.8, 4) is 5.75 Å². The van der Waals surface area contributed by atoms with Gasteiger partial charge in [0, 0.05) is 17.1 Å². The molecule has 0 spiro atoms. The van der Waals surface area contributed by atoms with Gasteiger partial charge in [0.25, 0.3) is 0 Å². The van der Waals surface area contributed by atoms with Crippen molar-refractivity contribution in [2.75, 3.05) is 7.05 Å². The van der Waals surface area contributed by atoms with Crippen LogP contribution in [0.15, 0.2) is 22.7 Å². The normalized spacial score (nSPS) is 10.2. The van der Waals surface area contributed by atoms with Crippen LogP contribution in [0, 0.1) is 0 Å². The van der Waals surface area contributed by atoms with Gasteiger partial charge >= 0.3 is 6.09 Å².